The van der Waals surface area contributed by atoms with Gasteiger partial charge in [-0.2, -0.15) is 0 Å². The summed E-state index contributed by atoms with van der Waals surface area (Å²) in [6, 6.07) is 0. The van der Waals surface area contributed by atoms with Crippen molar-refractivity contribution in [2.45, 2.75) is 39.7 Å². The Kier molecular flexibility index (Phi) is 5.72. The fourth-order valence-electron chi connectivity index (χ4n) is 0.528. The van der Waals surface area contributed by atoms with Crippen molar-refractivity contribution in [3.05, 3.63) is 0 Å². The molecule has 1 aliphatic heterocycles. The molecule has 3 heteroatoms. The Bertz CT molecular complexity index is 130. The van der Waals surface area contributed by atoms with E-state index < -0.39 is 5.97 Å². The molecule has 0 radical (unpaired) electrons. The van der Waals surface area contributed by atoms with E-state index in [1.54, 1.807) is 6.92 Å². The lowest BCUT2D eigenvalue weighted by molar-refractivity contribution is -0.141. The number of rotatable bonds is 2. The summed E-state index contributed by atoms with van der Waals surface area (Å²) in [5.41, 5.74) is 0. The molecule has 72 valence electrons. The summed E-state index contributed by atoms with van der Waals surface area (Å²) in [5, 5.41) is 8.18. The highest BCUT2D eigenvalue weighted by atomic mass is 16.5. The number of aliphatic carboxylic acids is 1. The molecule has 1 fully saturated rings. The molecule has 0 aromatic rings. The Morgan fingerprint density at radius 2 is 2.17 bits per heavy atom. The molecule has 3 nitrogen and oxygen atoms in total. The van der Waals surface area contributed by atoms with Crippen LogP contribution in [0.4, 0.5) is 0 Å². The number of hydrogen-bond donors (Lipinski definition) is 1. The number of carbonyl (C=O) groups is 1. The first kappa shape index (κ1) is 11.4. The zero-order valence-electron chi connectivity index (χ0n) is 8.04. The van der Waals surface area contributed by atoms with Gasteiger partial charge in [-0.05, 0) is 19.8 Å². The molecule has 0 aromatic heterocycles. The second kappa shape index (κ2) is 6.00. The third-order valence-corrected chi connectivity index (χ3v) is 1.96. The van der Waals surface area contributed by atoms with Crippen LogP contribution < -0.4 is 0 Å². The number of ether oxygens (including phenoxy) is 1. The molecule has 0 aliphatic carbocycles. The van der Waals surface area contributed by atoms with Crippen LogP contribution >= 0.6 is 0 Å². The molecule has 0 amide bonds. The average Bonchev–Trinajstić information content (AvgIpc) is 2.00. The maximum Gasteiger partial charge on any atom is 0.306 e. The predicted molar refractivity (Wildman–Crippen MR) is 47.1 cm³/mol. The van der Waals surface area contributed by atoms with Crippen LogP contribution in [0.25, 0.3) is 0 Å². The molecular formula is C9H18O3. The fraction of sp³-hybridized carbons (Fsp3) is 0.889. The number of hydrogen-bond acceptors (Lipinski definition) is 2. The fourth-order valence-corrected chi connectivity index (χ4v) is 0.528. The SMILES string of the molecule is CC1CCO1.CCC(C)C(=O)O. The van der Waals surface area contributed by atoms with Gasteiger partial charge in [0, 0.05) is 6.61 Å². The lowest BCUT2D eigenvalue weighted by Gasteiger charge is -2.20. The van der Waals surface area contributed by atoms with Gasteiger partial charge >= 0.3 is 5.97 Å². The molecule has 12 heavy (non-hydrogen) atoms. The summed E-state index contributed by atoms with van der Waals surface area (Å²) in [5.74, 6) is -0.887. The molecule has 2 unspecified atom stereocenters. The van der Waals surface area contributed by atoms with Crippen LogP contribution in [0.5, 0.6) is 0 Å². The largest absolute Gasteiger partial charge is 0.481 e. The standard InChI is InChI=1S/C5H10O2.C4H8O/c1-3-4(2)5(6)7;1-4-2-3-5-4/h4H,3H2,1-2H3,(H,6,7);4H,2-3H2,1H3. The van der Waals surface area contributed by atoms with E-state index in [-0.39, 0.29) is 5.92 Å². The van der Waals surface area contributed by atoms with Crippen LogP contribution in [0.1, 0.15) is 33.6 Å². The minimum Gasteiger partial charge on any atom is -0.481 e. The number of carboxylic acids is 1. The molecule has 1 N–H and O–H groups in total. The van der Waals surface area contributed by atoms with Gasteiger partial charge in [-0.15, -0.1) is 0 Å². The maximum atomic E-state index is 9.93. The summed E-state index contributed by atoms with van der Waals surface area (Å²) in [7, 11) is 0. The van der Waals surface area contributed by atoms with Crippen molar-refractivity contribution in [1.29, 1.82) is 0 Å². The van der Waals surface area contributed by atoms with E-state index in [0.717, 1.165) is 13.0 Å². The van der Waals surface area contributed by atoms with Crippen molar-refractivity contribution in [2.24, 2.45) is 5.92 Å². The van der Waals surface area contributed by atoms with Crippen molar-refractivity contribution in [3.63, 3.8) is 0 Å². The summed E-state index contributed by atoms with van der Waals surface area (Å²) in [4.78, 5) is 9.93. The second-order valence-corrected chi connectivity index (χ2v) is 3.12. The Labute approximate surface area is 73.7 Å². The normalized spacial score (nSPS) is 23.1. The van der Waals surface area contributed by atoms with Gasteiger partial charge in [0.15, 0.2) is 0 Å². The zero-order chi connectivity index (χ0) is 9.56. The van der Waals surface area contributed by atoms with Gasteiger partial charge in [0.25, 0.3) is 0 Å². The number of carboxylic acid groups (broad SMARTS) is 1. The van der Waals surface area contributed by atoms with E-state index in [4.69, 9.17) is 9.84 Å². The van der Waals surface area contributed by atoms with Gasteiger partial charge in [-0.25, -0.2) is 0 Å². The van der Waals surface area contributed by atoms with Crippen molar-refractivity contribution in [2.75, 3.05) is 6.61 Å². The van der Waals surface area contributed by atoms with Crippen molar-refractivity contribution >= 4 is 5.97 Å². The van der Waals surface area contributed by atoms with E-state index in [2.05, 4.69) is 6.92 Å². The molecule has 1 saturated heterocycles. The van der Waals surface area contributed by atoms with Crippen LogP contribution in [-0.2, 0) is 9.53 Å². The van der Waals surface area contributed by atoms with Crippen LogP contribution in [0.3, 0.4) is 0 Å². The minimum atomic E-state index is -0.706. The highest BCUT2D eigenvalue weighted by Gasteiger charge is 2.09. The molecule has 0 aromatic carbocycles. The van der Waals surface area contributed by atoms with Gasteiger partial charge in [0.1, 0.15) is 0 Å². The molecular weight excluding hydrogens is 156 g/mol. The second-order valence-electron chi connectivity index (χ2n) is 3.12. The average molecular weight is 174 g/mol. The topological polar surface area (TPSA) is 46.5 Å². The third-order valence-electron chi connectivity index (χ3n) is 1.96. The van der Waals surface area contributed by atoms with Crippen LogP contribution in [0.2, 0.25) is 0 Å². The van der Waals surface area contributed by atoms with E-state index >= 15 is 0 Å². The lowest BCUT2D eigenvalue weighted by Crippen LogP contribution is -2.22. The Balaban J connectivity index is 0.000000211. The van der Waals surface area contributed by atoms with E-state index in [9.17, 15) is 4.79 Å². The Morgan fingerprint density at radius 3 is 2.17 bits per heavy atom. The Hall–Kier alpha value is -0.570. The molecule has 2 atom stereocenters. The minimum absolute atomic E-state index is 0.181. The first-order chi connectivity index (χ1) is 5.57. The van der Waals surface area contributed by atoms with Gasteiger partial charge < -0.3 is 9.84 Å². The first-order valence-electron chi connectivity index (χ1n) is 4.42. The molecule has 0 spiro atoms. The van der Waals surface area contributed by atoms with Gasteiger partial charge in [0.05, 0.1) is 12.0 Å². The lowest BCUT2D eigenvalue weighted by atomic mass is 10.1. The summed E-state index contributed by atoms with van der Waals surface area (Å²) < 4.78 is 4.93. The van der Waals surface area contributed by atoms with Crippen molar-refractivity contribution < 1.29 is 14.6 Å². The monoisotopic (exact) mass is 174 g/mol. The summed E-state index contributed by atoms with van der Waals surface area (Å²) in [6.45, 7) is 6.63. The Morgan fingerprint density at radius 1 is 1.75 bits per heavy atom. The van der Waals surface area contributed by atoms with Crippen molar-refractivity contribution in [1.82, 2.24) is 0 Å². The zero-order valence-corrected chi connectivity index (χ0v) is 8.04. The van der Waals surface area contributed by atoms with E-state index in [1.165, 1.54) is 6.42 Å². The summed E-state index contributed by atoms with van der Waals surface area (Å²) >= 11 is 0. The van der Waals surface area contributed by atoms with E-state index in [1.807, 2.05) is 6.92 Å². The third kappa shape index (κ3) is 5.13. The molecule has 1 heterocycles. The van der Waals surface area contributed by atoms with Crippen molar-refractivity contribution in [3.8, 4) is 0 Å². The molecule has 0 saturated carbocycles. The molecule has 1 aliphatic rings. The van der Waals surface area contributed by atoms with Crippen LogP contribution in [0.15, 0.2) is 0 Å². The van der Waals surface area contributed by atoms with Crippen LogP contribution in [0, 0.1) is 5.92 Å². The highest BCUT2D eigenvalue weighted by molar-refractivity contribution is 5.69. The highest BCUT2D eigenvalue weighted by Crippen LogP contribution is 2.07. The van der Waals surface area contributed by atoms with Gasteiger partial charge in [-0.3, -0.25) is 4.79 Å². The molecule has 0 bridgehead atoms. The van der Waals surface area contributed by atoms with E-state index in [0.29, 0.717) is 6.10 Å². The predicted octanol–water partition coefficient (Wildman–Crippen LogP) is 1.91. The maximum absolute atomic E-state index is 9.93. The van der Waals surface area contributed by atoms with Crippen LogP contribution in [-0.4, -0.2) is 23.8 Å². The molecule has 1 rings (SSSR count). The van der Waals surface area contributed by atoms with Gasteiger partial charge in [0.2, 0.25) is 0 Å². The quantitative estimate of drug-likeness (QED) is 0.695. The van der Waals surface area contributed by atoms with Gasteiger partial charge in [-0.1, -0.05) is 13.8 Å². The summed E-state index contributed by atoms with van der Waals surface area (Å²) in [6.07, 6.45) is 2.55. The first-order valence-corrected chi connectivity index (χ1v) is 4.42. The smallest absolute Gasteiger partial charge is 0.306 e.